The molecule has 0 bridgehead atoms. The number of benzene rings is 1. The minimum Gasteiger partial charge on any atom is -0.266 e. The molecule has 8 heteroatoms. The summed E-state index contributed by atoms with van der Waals surface area (Å²) in [5, 5.41) is -0.170. The largest absolute Gasteiger partial charge is 0.267 e. The normalized spacial score (nSPS) is 11.4. The van der Waals surface area contributed by atoms with Crippen LogP contribution in [-0.2, 0) is 10.0 Å². The molecule has 106 valence electrons. The Kier molecular flexibility index (Phi) is 4.31. The fraction of sp³-hybridized carbons (Fsp3) is 0.0833. The minimum absolute atomic E-state index is 0.0662. The Hall–Kier alpha value is -1.18. The monoisotopic (exact) mass is 378 g/mol. The highest BCUT2D eigenvalue weighted by atomic mass is 79.9. The van der Waals surface area contributed by atoms with E-state index in [1.54, 1.807) is 6.07 Å². The molecule has 0 spiro atoms. The summed E-state index contributed by atoms with van der Waals surface area (Å²) in [5.74, 6) is -0.641. The molecule has 0 unspecified atom stereocenters. The van der Waals surface area contributed by atoms with Gasteiger partial charge in [-0.15, -0.1) is 0 Å². The van der Waals surface area contributed by atoms with Gasteiger partial charge in [-0.25, -0.2) is 17.8 Å². The lowest BCUT2D eigenvalue weighted by Crippen LogP contribution is -2.27. The molecule has 4 nitrogen and oxygen atoms in total. The molecular formula is C12H9BrClFN2O2S. The summed E-state index contributed by atoms with van der Waals surface area (Å²) in [6.07, 6.45) is 1.38. The zero-order valence-electron chi connectivity index (χ0n) is 10.2. The summed E-state index contributed by atoms with van der Waals surface area (Å²) in [4.78, 5) is 3.57. The van der Waals surface area contributed by atoms with E-state index in [2.05, 4.69) is 20.9 Å². The maximum Gasteiger partial charge on any atom is 0.267 e. The first-order chi connectivity index (χ1) is 9.34. The molecule has 20 heavy (non-hydrogen) atoms. The van der Waals surface area contributed by atoms with Gasteiger partial charge in [0.1, 0.15) is 15.9 Å². The molecule has 1 aromatic heterocycles. The van der Waals surface area contributed by atoms with E-state index in [9.17, 15) is 12.8 Å². The number of hydrogen-bond acceptors (Lipinski definition) is 3. The summed E-state index contributed by atoms with van der Waals surface area (Å²) in [6.45, 7) is 0. The van der Waals surface area contributed by atoms with Crippen LogP contribution in [0.25, 0.3) is 0 Å². The molecule has 0 N–H and O–H groups in total. The smallest absolute Gasteiger partial charge is 0.266 e. The summed E-state index contributed by atoms with van der Waals surface area (Å²) in [5.41, 5.74) is -0.0662. The second kappa shape index (κ2) is 5.67. The highest BCUT2D eigenvalue weighted by Gasteiger charge is 2.26. The van der Waals surface area contributed by atoms with E-state index in [4.69, 9.17) is 11.6 Å². The molecule has 0 aliphatic heterocycles. The first-order valence-corrected chi connectivity index (χ1v) is 7.99. The maximum absolute atomic E-state index is 13.7. The van der Waals surface area contributed by atoms with Gasteiger partial charge in [-0.2, -0.15) is 0 Å². The van der Waals surface area contributed by atoms with Gasteiger partial charge in [-0.1, -0.05) is 23.7 Å². The number of para-hydroxylation sites is 1. The number of hydrogen-bond donors (Lipinski definition) is 0. The van der Waals surface area contributed by atoms with Gasteiger partial charge in [0.2, 0.25) is 0 Å². The molecule has 2 aromatic rings. The Morgan fingerprint density at radius 1 is 1.35 bits per heavy atom. The van der Waals surface area contributed by atoms with Crippen molar-refractivity contribution in [1.29, 1.82) is 0 Å². The Morgan fingerprint density at radius 2 is 2.00 bits per heavy atom. The van der Waals surface area contributed by atoms with Crippen LogP contribution in [0.2, 0.25) is 5.15 Å². The first-order valence-electron chi connectivity index (χ1n) is 5.38. The van der Waals surface area contributed by atoms with Crippen LogP contribution in [0.4, 0.5) is 10.1 Å². The van der Waals surface area contributed by atoms with Crippen molar-refractivity contribution < 1.29 is 12.8 Å². The van der Waals surface area contributed by atoms with Gasteiger partial charge in [0.05, 0.1) is 5.69 Å². The van der Waals surface area contributed by atoms with Crippen molar-refractivity contribution in [2.75, 3.05) is 11.4 Å². The van der Waals surface area contributed by atoms with Gasteiger partial charge in [0.15, 0.2) is 0 Å². The molecule has 1 aromatic carbocycles. The average molecular weight is 380 g/mol. The van der Waals surface area contributed by atoms with E-state index >= 15 is 0 Å². The van der Waals surface area contributed by atoms with E-state index < -0.39 is 15.8 Å². The second-order valence-electron chi connectivity index (χ2n) is 3.87. The molecule has 0 aliphatic carbocycles. The van der Waals surface area contributed by atoms with Crippen molar-refractivity contribution >= 4 is 43.2 Å². The van der Waals surface area contributed by atoms with Crippen LogP contribution >= 0.6 is 27.5 Å². The van der Waals surface area contributed by atoms with E-state index in [-0.39, 0.29) is 15.7 Å². The number of sulfonamides is 1. The van der Waals surface area contributed by atoms with Crippen LogP contribution in [0.1, 0.15) is 0 Å². The second-order valence-corrected chi connectivity index (χ2v) is 7.08. The highest BCUT2D eigenvalue weighted by molar-refractivity contribution is 9.10. The predicted octanol–water partition coefficient (Wildman–Crippen LogP) is 3.46. The topological polar surface area (TPSA) is 50.3 Å². The lowest BCUT2D eigenvalue weighted by Gasteiger charge is -2.20. The van der Waals surface area contributed by atoms with Crippen molar-refractivity contribution in [3.05, 3.63) is 52.0 Å². The third-order valence-electron chi connectivity index (χ3n) is 2.60. The first kappa shape index (κ1) is 15.2. The Morgan fingerprint density at radius 3 is 2.65 bits per heavy atom. The number of halogens is 3. The molecule has 0 saturated carbocycles. The van der Waals surface area contributed by atoms with E-state index in [0.717, 1.165) is 4.31 Å². The van der Waals surface area contributed by atoms with Crippen LogP contribution in [0.15, 0.2) is 45.9 Å². The third kappa shape index (κ3) is 2.79. The molecule has 0 amide bonds. The summed E-state index contributed by atoms with van der Waals surface area (Å²) in [6, 6.07) is 6.90. The SMILES string of the molecule is CN(c1ccccc1F)S(=O)(=O)c1cc(Br)cnc1Cl. The maximum atomic E-state index is 13.7. The van der Waals surface area contributed by atoms with Crippen LogP contribution in [0.3, 0.4) is 0 Å². The Bertz CT molecular complexity index is 755. The van der Waals surface area contributed by atoms with Gasteiger partial charge >= 0.3 is 0 Å². The fourth-order valence-electron chi connectivity index (χ4n) is 1.57. The Balaban J connectivity index is 2.56. The number of pyridine rings is 1. The van der Waals surface area contributed by atoms with Crippen LogP contribution in [0, 0.1) is 5.82 Å². The number of anilines is 1. The van der Waals surface area contributed by atoms with Gasteiger partial charge in [-0.05, 0) is 34.1 Å². The standard InChI is InChI=1S/C12H9BrClFN2O2S/c1-17(10-5-3-2-4-9(10)15)20(18,19)11-6-8(13)7-16-12(11)14/h2-7H,1H3. The van der Waals surface area contributed by atoms with Crippen LogP contribution < -0.4 is 4.31 Å². The lowest BCUT2D eigenvalue weighted by atomic mass is 10.3. The third-order valence-corrected chi connectivity index (χ3v) is 5.24. The molecular weight excluding hydrogens is 371 g/mol. The predicted molar refractivity (Wildman–Crippen MR) is 78.9 cm³/mol. The average Bonchev–Trinajstić information content (AvgIpc) is 2.41. The van der Waals surface area contributed by atoms with E-state index in [1.165, 1.54) is 37.5 Å². The van der Waals surface area contributed by atoms with Crippen molar-refractivity contribution in [3.63, 3.8) is 0 Å². The number of nitrogens with zero attached hydrogens (tertiary/aromatic N) is 2. The summed E-state index contributed by atoms with van der Waals surface area (Å²) < 4.78 is 39.9. The van der Waals surface area contributed by atoms with E-state index in [1.807, 2.05) is 0 Å². The molecule has 1 heterocycles. The minimum atomic E-state index is -4.00. The number of aromatic nitrogens is 1. The summed E-state index contributed by atoms with van der Waals surface area (Å²) >= 11 is 8.95. The Labute approximate surface area is 129 Å². The van der Waals surface area contributed by atoms with Crippen molar-refractivity contribution in [2.45, 2.75) is 4.90 Å². The van der Waals surface area contributed by atoms with Crippen molar-refractivity contribution in [1.82, 2.24) is 4.98 Å². The molecule has 0 fully saturated rings. The van der Waals surface area contributed by atoms with Crippen LogP contribution in [0.5, 0.6) is 0 Å². The van der Waals surface area contributed by atoms with Crippen molar-refractivity contribution in [3.8, 4) is 0 Å². The molecule has 0 radical (unpaired) electrons. The lowest BCUT2D eigenvalue weighted by molar-refractivity contribution is 0.589. The van der Waals surface area contributed by atoms with Gasteiger partial charge in [0.25, 0.3) is 10.0 Å². The molecule has 0 atom stereocenters. The molecule has 0 saturated heterocycles. The zero-order valence-corrected chi connectivity index (χ0v) is 13.4. The van der Waals surface area contributed by atoms with Gasteiger partial charge < -0.3 is 0 Å². The molecule has 0 aliphatic rings. The zero-order chi connectivity index (χ0) is 14.9. The van der Waals surface area contributed by atoms with Crippen molar-refractivity contribution in [2.24, 2.45) is 0 Å². The fourth-order valence-corrected chi connectivity index (χ4v) is 3.69. The summed E-state index contributed by atoms with van der Waals surface area (Å²) in [7, 11) is -2.74. The van der Waals surface area contributed by atoms with Gasteiger partial charge in [0, 0.05) is 17.7 Å². The van der Waals surface area contributed by atoms with Gasteiger partial charge in [-0.3, -0.25) is 4.31 Å². The van der Waals surface area contributed by atoms with E-state index in [0.29, 0.717) is 4.47 Å². The highest BCUT2D eigenvalue weighted by Crippen LogP contribution is 2.29. The molecule has 2 rings (SSSR count). The quantitative estimate of drug-likeness (QED) is 0.767. The van der Waals surface area contributed by atoms with Crippen LogP contribution in [-0.4, -0.2) is 20.4 Å². The number of rotatable bonds is 3.